The Kier molecular flexibility index (Phi) is 3.52. The fourth-order valence-corrected chi connectivity index (χ4v) is 2.17. The van der Waals surface area contributed by atoms with E-state index in [1.54, 1.807) is 12.4 Å². The van der Waals surface area contributed by atoms with Gasteiger partial charge in [0, 0.05) is 23.2 Å². The first kappa shape index (κ1) is 12.9. The highest BCUT2D eigenvalue weighted by molar-refractivity contribution is 6.17. The highest BCUT2D eigenvalue weighted by Crippen LogP contribution is 2.28. The Balaban J connectivity index is 2.03. The number of rotatable bonds is 3. The van der Waals surface area contributed by atoms with Crippen LogP contribution < -0.4 is 4.74 Å². The largest absolute Gasteiger partial charge is 0.453 e. The number of nitrogens with zero attached hydrogens (tertiary/aromatic N) is 2. The maximum absolute atomic E-state index is 5.91. The smallest absolute Gasteiger partial charge is 0.153 e. The van der Waals surface area contributed by atoms with E-state index in [9.17, 15) is 0 Å². The van der Waals surface area contributed by atoms with Crippen LogP contribution in [0.1, 0.15) is 11.3 Å². The fourth-order valence-electron chi connectivity index (χ4n) is 2.02. The van der Waals surface area contributed by atoms with Gasteiger partial charge in [-0.15, -0.1) is 11.6 Å². The predicted octanol–water partition coefficient (Wildman–Crippen LogP) is 4.47. The second-order valence-electron chi connectivity index (χ2n) is 4.55. The molecule has 0 aliphatic heterocycles. The summed E-state index contributed by atoms with van der Waals surface area (Å²) in [6, 6.07) is 11.8. The number of aryl methyl sites for hydroxylation is 1. The maximum Gasteiger partial charge on any atom is 0.153 e. The van der Waals surface area contributed by atoms with Gasteiger partial charge >= 0.3 is 0 Å². The third kappa shape index (κ3) is 2.58. The summed E-state index contributed by atoms with van der Waals surface area (Å²) in [6.45, 7) is 1.96. The summed E-state index contributed by atoms with van der Waals surface area (Å²) in [6.07, 6.45) is 3.40. The number of alkyl halides is 1. The van der Waals surface area contributed by atoms with Crippen LogP contribution in [0.3, 0.4) is 0 Å². The van der Waals surface area contributed by atoms with Gasteiger partial charge in [-0.1, -0.05) is 18.2 Å². The summed E-state index contributed by atoms with van der Waals surface area (Å²) in [5, 5.41) is 1.05. The third-order valence-corrected chi connectivity index (χ3v) is 3.28. The molecule has 0 saturated heterocycles. The zero-order chi connectivity index (χ0) is 13.9. The molecule has 2 heterocycles. The molecule has 0 radical (unpaired) electrons. The zero-order valence-corrected chi connectivity index (χ0v) is 11.8. The number of fused-ring (bicyclic) bond motifs is 1. The lowest BCUT2D eigenvalue weighted by Gasteiger charge is -2.09. The first-order chi connectivity index (χ1) is 9.76. The average molecular weight is 285 g/mol. The SMILES string of the molecule is Cc1ccc2cccc(Oc3cncc(CCl)c3)c2n1. The number of benzene rings is 1. The van der Waals surface area contributed by atoms with E-state index in [-0.39, 0.29) is 0 Å². The van der Waals surface area contributed by atoms with Gasteiger partial charge in [0.15, 0.2) is 5.75 Å². The van der Waals surface area contributed by atoms with Gasteiger partial charge in [0.1, 0.15) is 11.3 Å². The predicted molar refractivity (Wildman–Crippen MR) is 80.3 cm³/mol. The summed E-state index contributed by atoms with van der Waals surface area (Å²) < 4.78 is 5.91. The van der Waals surface area contributed by atoms with Crippen LogP contribution in [0.5, 0.6) is 11.5 Å². The minimum Gasteiger partial charge on any atom is -0.453 e. The van der Waals surface area contributed by atoms with Gasteiger partial charge in [-0.3, -0.25) is 4.98 Å². The Bertz CT molecular complexity index is 758. The third-order valence-electron chi connectivity index (χ3n) is 2.97. The van der Waals surface area contributed by atoms with Crippen LogP contribution in [0.4, 0.5) is 0 Å². The Hall–Kier alpha value is -2.13. The fraction of sp³-hybridized carbons (Fsp3) is 0.125. The average Bonchev–Trinajstić information content (AvgIpc) is 2.48. The van der Waals surface area contributed by atoms with Crippen molar-refractivity contribution in [2.75, 3.05) is 0 Å². The lowest BCUT2D eigenvalue weighted by molar-refractivity contribution is 0.484. The van der Waals surface area contributed by atoms with Crippen LogP contribution in [0.2, 0.25) is 0 Å². The quantitative estimate of drug-likeness (QED) is 0.666. The van der Waals surface area contributed by atoms with Gasteiger partial charge in [0.05, 0.1) is 6.20 Å². The lowest BCUT2D eigenvalue weighted by atomic mass is 10.2. The Morgan fingerprint density at radius 3 is 2.90 bits per heavy atom. The van der Waals surface area contributed by atoms with Crippen molar-refractivity contribution in [3.8, 4) is 11.5 Å². The molecule has 0 fully saturated rings. The van der Waals surface area contributed by atoms with Gasteiger partial charge < -0.3 is 4.74 Å². The zero-order valence-electron chi connectivity index (χ0n) is 11.0. The standard InChI is InChI=1S/C16H13ClN2O/c1-11-5-6-13-3-2-4-15(16(13)19-11)20-14-7-12(8-17)9-18-10-14/h2-7,9-10H,8H2,1H3. The van der Waals surface area contributed by atoms with Gasteiger partial charge in [0.25, 0.3) is 0 Å². The van der Waals surface area contributed by atoms with Crippen LogP contribution in [-0.2, 0) is 5.88 Å². The van der Waals surface area contributed by atoms with Gasteiger partial charge in [-0.05, 0) is 30.7 Å². The molecule has 1 aromatic carbocycles. The number of hydrogen-bond donors (Lipinski definition) is 0. The molecule has 0 N–H and O–H groups in total. The van der Waals surface area contributed by atoms with E-state index in [0.717, 1.165) is 27.9 Å². The van der Waals surface area contributed by atoms with Crippen molar-refractivity contribution in [1.29, 1.82) is 0 Å². The molecule has 3 rings (SSSR count). The molecule has 3 aromatic rings. The van der Waals surface area contributed by atoms with Crippen molar-refractivity contribution in [3.05, 3.63) is 60.0 Å². The summed E-state index contributed by atoms with van der Waals surface area (Å²) in [5.74, 6) is 1.80. The first-order valence-electron chi connectivity index (χ1n) is 6.30. The number of para-hydroxylation sites is 1. The summed E-state index contributed by atoms with van der Waals surface area (Å²) in [7, 11) is 0. The molecule has 100 valence electrons. The van der Waals surface area contributed by atoms with E-state index in [0.29, 0.717) is 11.6 Å². The molecule has 0 aliphatic carbocycles. The van der Waals surface area contributed by atoms with E-state index in [2.05, 4.69) is 9.97 Å². The summed E-state index contributed by atoms with van der Waals surface area (Å²) >= 11 is 5.81. The van der Waals surface area contributed by atoms with Crippen LogP contribution in [-0.4, -0.2) is 9.97 Å². The van der Waals surface area contributed by atoms with Crippen molar-refractivity contribution >= 4 is 22.5 Å². The molecule has 4 heteroatoms. The number of halogens is 1. The highest BCUT2D eigenvalue weighted by Gasteiger charge is 2.06. The lowest BCUT2D eigenvalue weighted by Crippen LogP contribution is -1.91. The van der Waals surface area contributed by atoms with E-state index in [1.807, 2.05) is 43.3 Å². The maximum atomic E-state index is 5.91. The first-order valence-corrected chi connectivity index (χ1v) is 6.84. The topological polar surface area (TPSA) is 35.0 Å². The monoisotopic (exact) mass is 284 g/mol. The molecule has 3 nitrogen and oxygen atoms in total. The summed E-state index contributed by atoms with van der Waals surface area (Å²) in [5.41, 5.74) is 2.73. The minimum atomic E-state index is 0.414. The van der Waals surface area contributed by atoms with E-state index in [4.69, 9.17) is 16.3 Å². The second-order valence-corrected chi connectivity index (χ2v) is 4.81. The number of ether oxygens (including phenoxy) is 1. The molecular weight excluding hydrogens is 272 g/mol. The van der Waals surface area contributed by atoms with Crippen molar-refractivity contribution < 1.29 is 4.74 Å². The van der Waals surface area contributed by atoms with Crippen LogP contribution in [0.15, 0.2) is 48.8 Å². The molecule has 0 unspecified atom stereocenters. The molecule has 0 amide bonds. The molecule has 0 bridgehead atoms. The Morgan fingerprint density at radius 1 is 1.15 bits per heavy atom. The molecule has 0 atom stereocenters. The molecule has 0 saturated carbocycles. The van der Waals surface area contributed by atoms with Crippen molar-refractivity contribution in [2.24, 2.45) is 0 Å². The van der Waals surface area contributed by atoms with E-state index in [1.165, 1.54) is 0 Å². The minimum absolute atomic E-state index is 0.414. The second kappa shape index (κ2) is 5.47. The highest BCUT2D eigenvalue weighted by atomic mass is 35.5. The van der Waals surface area contributed by atoms with Crippen molar-refractivity contribution in [1.82, 2.24) is 9.97 Å². The number of pyridine rings is 2. The van der Waals surface area contributed by atoms with Crippen molar-refractivity contribution in [3.63, 3.8) is 0 Å². The molecule has 2 aromatic heterocycles. The van der Waals surface area contributed by atoms with Crippen LogP contribution >= 0.6 is 11.6 Å². The van der Waals surface area contributed by atoms with Crippen LogP contribution in [0, 0.1) is 6.92 Å². The van der Waals surface area contributed by atoms with E-state index >= 15 is 0 Å². The van der Waals surface area contributed by atoms with Gasteiger partial charge in [0.2, 0.25) is 0 Å². The van der Waals surface area contributed by atoms with Gasteiger partial charge in [-0.25, -0.2) is 4.98 Å². The molecule has 20 heavy (non-hydrogen) atoms. The normalized spacial score (nSPS) is 10.7. The molecular formula is C16H13ClN2O. The van der Waals surface area contributed by atoms with Crippen molar-refractivity contribution in [2.45, 2.75) is 12.8 Å². The number of hydrogen-bond acceptors (Lipinski definition) is 3. The Labute approximate surface area is 122 Å². The van der Waals surface area contributed by atoms with Gasteiger partial charge in [-0.2, -0.15) is 0 Å². The Morgan fingerprint density at radius 2 is 2.05 bits per heavy atom. The number of aromatic nitrogens is 2. The van der Waals surface area contributed by atoms with Crippen LogP contribution in [0.25, 0.3) is 10.9 Å². The summed E-state index contributed by atoms with van der Waals surface area (Å²) in [4.78, 5) is 8.66. The molecule has 0 spiro atoms. The van der Waals surface area contributed by atoms with E-state index < -0.39 is 0 Å². The molecule has 0 aliphatic rings.